The van der Waals surface area contributed by atoms with E-state index >= 15 is 0 Å². The summed E-state index contributed by atoms with van der Waals surface area (Å²) in [5, 5.41) is 15.5. The fourth-order valence-corrected chi connectivity index (χ4v) is 1.90. The highest BCUT2D eigenvalue weighted by Gasteiger charge is 2.17. The maximum atomic E-state index is 11.8. The van der Waals surface area contributed by atoms with Crippen molar-refractivity contribution in [3.8, 4) is 5.69 Å². The van der Waals surface area contributed by atoms with Crippen LogP contribution in [0.5, 0.6) is 0 Å². The average molecular weight is 303 g/mol. The SMILES string of the molecule is COC(CNC(=O)Cc1cnn(-c2ccccc2)c1)C(=O)O. The van der Waals surface area contributed by atoms with E-state index in [1.807, 2.05) is 30.3 Å². The number of methoxy groups -OCH3 is 1. The Bertz CT molecular complexity index is 639. The summed E-state index contributed by atoms with van der Waals surface area (Å²) in [7, 11) is 1.29. The molecule has 116 valence electrons. The van der Waals surface area contributed by atoms with Gasteiger partial charge in [0, 0.05) is 13.3 Å². The number of hydrogen-bond donors (Lipinski definition) is 2. The topological polar surface area (TPSA) is 93.5 Å². The molecule has 0 radical (unpaired) electrons. The quantitative estimate of drug-likeness (QED) is 0.782. The zero-order valence-electron chi connectivity index (χ0n) is 12.1. The van der Waals surface area contributed by atoms with Gasteiger partial charge in [-0.05, 0) is 17.7 Å². The van der Waals surface area contributed by atoms with Crippen molar-refractivity contribution in [3.63, 3.8) is 0 Å². The molecule has 1 atom stereocenters. The largest absolute Gasteiger partial charge is 0.479 e. The predicted octanol–water partition coefficient (Wildman–Crippen LogP) is 0.631. The van der Waals surface area contributed by atoms with Crippen LogP contribution in [0.2, 0.25) is 0 Å². The van der Waals surface area contributed by atoms with Gasteiger partial charge in [0.1, 0.15) is 0 Å². The van der Waals surface area contributed by atoms with E-state index in [1.165, 1.54) is 7.11 Å². The number of nitrogens with one attached hydrogen (secondary N) is 1. The van der Waals surface area contributed by atoms with Crippen LogP contribution in [0.25, 0.3) is 5.69 Å². The van der Waals surface area contributed by atoms with Crippen molar-refractivity contribution in [1.82, 2.24) is 15.1 Å². The number of carbonyl (C=O) groups is 2. The first-order valence-corrected chi connectivity index (χ1v) is 6.71. The van der Waals surface area contributed by atoms with E-state index in [0.29, 0.717) is 0 Å². The van der Waals surface area contributed by atoms with Crippen LogP contribution in [0.1, 0.15) is 5.56 Å². The Morgan fingerprint density at radius 2 is 2.09 bits per heavy atom. The number of hydrogen-bond acceptors (Lipinski definition) is 4. The number of carbonyl (C=O) groups excluding carboxylic acids is 1. The van der Waals surface area contributed by atoms with Gasteiger partial charge in [0.25, 0.3) is 0 Å². The zero-order valence-corrected chi connectivity index (χ0v) is 12.1. The first-order chi connectivity index (χ1) is 10.6. The summed E-state index contributed by atoms with van der Waals surface area (Å²) in [5.74, 6) is -1.39. The molecule has 0 fully saturated rings. The lowest BCUT2D eigenvalue weighted by Gasteiger charge is -2.11. The Morgan fingerprint density at radius 3 is 2.73 bits per heavy atom. The van der Waals surface area contributed by atoms with Gasteiger partial charge in [0.2, 0.25) is 5.91 Å². The maximum Gasteiger partial charge on any atom is 0.334 e. The number of carboxylic acid groups (broad SMARTS) is 1. The minimum absolute atomic E-state index is 0.0719. The molecule has 1 heterocycles. The number of benzene rings is 1. The Morgan fingerprint density at radius 1 is 1.36 bits per heavy atom. The maximum absolute atomic E-state index is 11.8. The number of aliphatic carboxylic acids is 1. The molecule has 1 aromatic carbocycles. The molecule has 1 unspecified atom stereocenters. The first-order valence-electron chi connectivity index (χ1n) is 6.71. The Labute approximate surface area is 127 Å². The molecule has 22 heavy (non-hydrogen) atoms. The van der Waals surface area contributed by atoms with E-state index in [4.69, 9.17) is 9.84 Å². The third-order valence-electron chi connectivity index (χ3n) is 3.07. The lowest BCUT2D eigenvalue weighted by Crippen LogP contribution is -2.38. The van der Waals surface area contributed by atoms with Crippen LogP contribution in [0.4, 0.5) is 0 Å². The van der Waals surface area contributed by atoms with Crippen molar-refractivity contribution in [1.29, 1.82) is 0 Å². The van der Waals surface area contributed by atoms with Gasteiger partial charge >= 0.3 is 5.97 Å². The summed E-state index contributed by atoms with van der Waals surface area (Å²) in [6.45, 7) is -0.0719. The van der Waals surface area contributed by atoms with Gasteiger partial charge in [-0.25, -0.2) is 9.48 Å². The zero-order chi connectivity index (χ0) is 15.9. The number of nitrogens with zero attached hydrogens (tertiary/aromatic N) is 2. The predicted molar refractivity (Wildman–Crippen MR) is 78.7 cm³/mol. The molecule has 0 bridgehead atoms. The number of carboxylic acids is 1. The number of ether oxygens (including phenoxy) is 1. The second-order valence-electron chi connectivity index (χ2n) is 4.67. The summed E-state index contributed by atoms with van der Waals surface area (Å²) in [6.07, 6.45) is 2.45. The highest BCUT2D eigenvalue weighted by Crippen LogP contribution is 2.08. The molecule has 1 amide bonds. The third kappa shape index (κ3) is 4.16. The standard InChI is InChI=1S/C15H17N3O4/c1-22-13(15(20)21)9-16-14(19)7-11-8-17-18(10-11)12-5-3-2-4-6-12/h2-6,8,10,13H,7,9H2,1H3,(H,16,19)(H,20,21). The van der Waals surface area contributed by atoms with E-state index in [9.17, 15) is 9.59 Å². The molecule has 1 aromatic heterocycles. The molecule has 2 aromatic rings. The first kappa shape index (κ1) is 15.7. The number of aromatic nitrogens is 2. The molecular formula is C15H17N3O4. The number of rotatable bonds is 7. The van der Waals surface area contributed by atoms with Crippen molar-refractivity contribution < 1.29 is 19.4 Å². The molecule has 0 aliphatic rings. The summed E-state index contributed by atoms with van der Waals surface area (Å²) in [4.78, 5) is 22.6. The van der Waals surface area contributed by atoms with Crippen LogP contribution in [0.15, 0.2) is 42.7 Å². The summed E-state index contributed by atoms with van der Waals surface area (Å²) >= 11 is 0. The van der Waals surface area contributed by atoms with Gasteiger partial charge in [0.05, 0.1) is 24.8 Å². The minimum atomic E-state index is -1.11. The van der Waals surface area contributed by atoms with Crippen LogP contribution in [-0.4, -0.2) is 46.5 Å². The highest BCUT2D eigenvalue weighted by atomic mass is 16.5. The molecule has 0 saturated carbocycles. The molecule has 7 nitrogen and oxygen atoms in total. The van der Waals surface area contributed by atoms with Gasteiger partial charge in [-0.3, -0.25) is 4.79 Å². The summed E-state index contributed by atoms with van der Waals surface area (Å²) in [5.41, 5.74) is 1.64. The number of amides is 1. The number of para-hydroxylation sites is 1. The van der Waals surface area contributed by atoms with Gasteiger partial charge in [-0.15, -0.1) is 0 Å². The van der Waals surface area contributed by atoms with Crippen LogP contribution >= 0.6 is 0 Å². The van der Waals surface area contributed by atoms with Gasteiger partial charge in [-0.1, -0.05) is 18.2 Å². The second-order valence-corrected chi connectivity index (χ2v) is 4.67. The molecule has 7 heteroatoms. The molecular weight excluding hydrogens is 286 g/mol. The van der Waals surface area contributed by atoms with Gasteiger partial charge in [0.15, 0.2) is 6.10 Å². The lowest BCUT2D eigenvalue weighted by molar-refractivity contribution is -0.148. The monoisotopic (exact) mass is 303 g/mol. The average Bonchev–Trinajstić information content (AvgIpc) is 2.97. The third-order valence-corrected chi connectivity index (χ3v) is 3.07. The van der Waals surface area contributed by atoms with E-state index in [0.717, 1.165) is 11.3 Å². The van der Waals surface area contributed by atoms with Crippen LogP contribution in [0.3, 0.4) is 0 Å². The molecule has 2 rings (SSSR count). The smallest absolute Gasteiger partial charge is 0.334 e. The second kappa shape index (κ2) is 7.37. The van der Waals surface area contributed by atoms with Crippen molar-refractivity contribution in [2.24, 2.45) is 0 Å². The van der Waals surface area contributed by atoms with E-state index < -0.39 is 12.1 Å². The molecule has 0 spiro atoms. The fourth-order valence-electron chi connectivity index (χ4n) is 1.90. The van der Waals surface area contributed by atoms with Crippen LogP contribution in [0, 0.1) is 0 Å². The van der Waals surface area contributed by atoms with Crippen molar-refractivity contribution >= 4 is 11.9 Å². The van der Waals surface area contributed by atoms with Gasteiger partial charge < -0.3 is 15.2 Å². The lowest BCUT2D eigenvalue weighted by atomic mass is 10.2. The molecule has 2 N–H and O–H groups in total. The minimum Gasteiger partial charge on any atom is -0.479 e. The normalized spacial score (nSPS) is 11.9. The Kier molecular flexibility index (Phi) is 5.26. The summed E-state index contributed by atoms with van der Waals surface area (Å²) < 4.78 is 6.42. The van der Waals surface area contributed by atoms with E-state index in [2.05, 4.69) is 10.4 Å². The summed E-state index contributed by atoms with van der Waals surface area (Å²) in [6, 6.07) is 9.54. The van der Waals surface area contributed by atoms with E-state index in [1.54, 1.807) is 17.1 Å². The van der Waals surface area contributed by atoms with Crippen LogP contribution in [-0.2, 0) is 20.7 Å². The van der Waals surface area contributed by atoms with Crippen molar-refractivity contribution in [2.45, 2.75) is 12.5 Å². The molecule has 0 aliphatic carbocycles. The fraction of sp³-hybridized carbons (Fsp3) is 0.267. The van der Waals surface area contributed by atoms with E-state index in [-0.39, 0.29) is 18.9 Å². The highest BCUT2D eigenvalue weighted by molar-refractivity contribution is 5.79. The van der Waals surface area contributed by atoms with Gasteiger partial charge in [-0.2, -0.15) is 5.10 Å². The van der Waals surface area contributed by atoms with Crippen molar-refractivity contribution in [3.05, 3.63) is 48.3 Å². The molecule has 0 saturated heterocycles. The van der Waals surface area contributed by atoms with Crippen molar-refractivity contribution in [2.75, 3.05) is 13.7 Å². The molecule has 0 aliphatic heterocycles. The Hall–Kier alpha value is -2.67. The Balaban J connectivity index is 1.90. The van der Waals surface area contributed by atoms with Crippen LogP contribution < -0.4 is 5.32 Å².